The van der Waals surface area contributed by atoms with Gasteiger partial charge in [0.05, 0.1) is 15.6 Å². The van der Waals surface area contributed by atoms with E-state index in [4.69, 9.17) is 23.2 Å². The van der Waals surface area contributed by atoms with Crippen molar-refractivity contribution in [3.8, 4) is 0 Å². The molecule has 2 nitrogen and oxygen atoms in total. The van der Waals surface area contributed by atoms with E-state index in [1.165, 1.54) is 11.0 Å². The van der Waals surface area contributed by atoms with Crippen molar-refractivity contribution >= 4 is 29.1 Å². The van der Waals surface area contributed by atoms with Gasteiger partial charge in [0.1, 0.15) is 5.82 Å². The number of nitrogens with zero attached hydrogens (tertiary/aromatic N) is 1. The van der Waals surface area contributed by atoms with Crippen LogP contribution in [-0.2, 0) is 0 Å². The molecule has 5 heteroatoms. The maximum atomic E-state index is 13.4. The standard InChI is InChI=1S/C13H14Cl2FNO/c1-4-17(7-8(2)3)13(18)9-5-12(16)11(15)6-10(9)14/h5-6H,2,4,7H2,1,3H3. The maximum Gasteiger partial charge on any atom is 0.255 e. The first kappa shape index (κ1) is 15.0. The van der Waals surface area contributed by atoms with E-state index < -0.39 is 5.82 Å². The molecule has 0 aliphatic heterocycles. The van der Waals surface area contributed by atoms with Gasteiger partial charge in [-0.3, -0.25) is 4.79 Å². The largest absolute Gasteiger partial charge is 0.335 e. The van der Waals surface area contributed by atoms with E-state index in [2.05, 4.69) is 6.58 Å². The van der Waals surface area contributed by atoms with Crippen molar-refractivity contribution in [3.05, 3.63) is 45.7 Å². The van der Waals surface area contributed by atoms with Crippen molar-refractivity contribution in [2.75, 3.05) is 13.1 Å². The lowest BCUT2D eigenvalue weighted by molar-refractivity contribution is 0.0778. The van der Waals surface area contributed by atoms with Crippen LogP contribution in [0.2, 0.25) is 10.0 Å². The van der Waals surface area contributed by atoms with Gasteiger partial charge in [-0.1, -0.05) is 35.4 Å². The Kier molecular flexibility index (Phi) is 5.17. The summed E-state index contributed by atoms with van der Waals surface area (Å²) in [4.78, 5) is 13.7. The fourth-order valence-corrected chi connectivity index (χ4v) is 1.97. The highest BCUT2D eigenvalue weighted by Crippen LogP contribution is 2.25. The van der Waals surface area contributed by atoms with Gasteiger partial charge in [0.2, 0.25) is 0 Å². The summed E-state index contributed by atoms with van der Waals surface area (Å²) in [5, 5.41) is 0.0473. The molecule has 0 aromatic heterocycles. The SMILES string of the molecule is C=C(C)CN(CC)C(=O)c1cc(F)c(Cl)cc1Cl. The summed E-state index contributed by atoms with van der Waals surface area (Å²) < 4.78 is 13.4. The second-order valence-corrected chi connectivity index (χ2v) is 4.84. The lowest BCUT2D eigenvalue weighted by atomic mass is 10.1. The van der Waals surface area contributed by atoms with Crippen LogP contribution in [0.5, 0.6) is 0 Å². The molecule has 98 valence electrons. The van der Waals surface area contributed by atoms with Crippen LogP contribution in [0.4, 0.5) is 4.39 Å². The van der Waals surface area contributed by atoms with Gasteiger partial charge in [0.15, 0.2) is 0 Å². The van der Waals surface area contributed by atoms with E-state index in [-0.39, 0.29) is 21.5 Å². The van der Waals surface area contributed by atoms with Crippen LogP contribution in [0.25, 0.3) is 0 Å². The number of likely N-dealkylation sites (N-methyl/N-ethyl adjacent to an activating group) is 1. The van der Waals surface area contributed by atoms with Crippen LogP contribution in [0.15, 0.2) is 24.3 Å². The number of hydrogen-bond donors (Lipinski definition) is 0. The summed E-state index contributed by atoms with van der Waals surface area (Å²) in [5.74, 6) is -0.989. The number of carbonyl (C=O) groups excluding carboxylic acids is 1. The second-order valence-electron chi connectivity index (χ2n) is 4.02. The number of carbonyl (C=O) groups is 1. The van der Waals surface area contributed by atoms with Crippen molar-refractivity contribution in [1.82, 2.24) is 4.90 Å². The molecule has 0 saturated heterocycles. The predicted molar refractivity (Wildman–Crippen MR) is 72.8 cm³/mol. The Morgan fingerprint density at radius 2 is 2.00 bits per heavy atom. The Balaban J connectivity index is 3.09. The van der Waals surface area contributed by atoms with Gasteiger partial charge in [-0.05, 0) is 26.0 Å². The molecular formula is C13H14Cl2FNO. The summed E-state index contributed by atoms with van der Waals surface area (Å²) >= 11 is 11.5. The fraction of sp³-hybridized carbons (Fsp3) is 0.308. The summed E-state index contributed by atoms with van der Waals surface area (Å²) in [6.07, 6.45) is 0. The quantitative estimate of drug-likeness (QED) is 0.602. The molecule has 0 heterocycles. The fourth-order valence-electron chi connectivity index (χ4n) is 1.51. The zero-order valence-electron chi connectivity index (χ0n) is 10.3. The van der Waals surface area contributed by atoms with Gasteiger partial charge in [-0.2, -0.15) is 0 Å². The maximum absolute atomic E-state index is 13.4. The van der Waals surface area contributed by atoms with Gasteiger partial charge < -0.3 is 4.90 Å². The molecule has 0 aliphatic carbocycles. The Morgan fingerprint density at radius 3 is 2.50 bits per heavy atom. The molecule has 0 bridgehead atoms. The van der Waals surface area contributed by atoms with Crippen molar-refractivity contribution < 1.29 is 9.18 Å². The molecule has 0 fully saturated rings. The first-order chi connectivity index (χ1) is 8.36. The van der Waals surface area contributed by atoms with E-state index in [0.717, 1.165) is 11.6 Å². The molecule has 1 rings (SSSR count). The van der Waals surface area contributed by atoms with E-state index in [9.17, 15) is 9.18 Å². The van der Waals surface area contributed by atoms with Crippen LogP contribution in [0.3, 0.4) is 0 Å². The van der Waals surface area contributed by atoms with Gasteiger partial charge >= 0.3 is 0 Å². The zero-order chi connectivity index (χ0) is 13.9. The first-order valence-electron chi connectivity index (χ1n) is 5.45. The Hall–Kier alpha value is -1.06. The second kappa shape index (κ2) is 6.21. The summed E-state index contributed by atoms with van der Waals surface area (Å²) in [7, 11) is 0. The van der Waals surface area contributed by atoms with E-state index >= 15 is 0 Å². The monoisotopic (exact) mass is 289 g/mol. The van der Waals surface area contributed by atoms with Gasteiger partial charge in [0, 0.05) is 13.1 Å². The molecular weight excluding hydrogens is 276 g/mol. The van der Waals surface area contributed by atoms with Crippen molar-refractivity contribution in [2.24, 2.45) is 0 Å². The molecule has 18 heavy (non-hydrogen) atoms. The predicted octanol–water partition coefficient (Wildman–Crippen LogP) is 4.17. The van der Waals surface area contributed by atoms with Crippen LogP contribution >= 0.6 is 23.2 Å². The lowest BCUT2D eigenvalue weighted by Gasteiger charge is -2.21. The highest BCUT2D eigenvalue weighted by atomic mass is 35.5. The first-order valence-corrected chi connectivity index (χ1v) is 6.20. The van der Waals surface area contributed by atoms with Gasteiger partial charge in [0.25, 0.3) is 5.91 Å². The van der Waals surface area contributed by atoms with Crippen LogP contribution in [-0.4, -0.2) is 23.9 Å². The highest BCUT2D eigenvalue weighted by Gasteiger charge is 2.19. The van der Waals surface area contributed by atoms with Crippen LogP contribution < -0.4 is 0 Å². The molecule has 0 spiro atoms. The van der Waals surface area contributed by atoms with Crippen molar-refractivity contribution in [2.45, 2.75) is 13.8 Å². The third-order valence-corrected chi connectivity index (χ3v) is 2.97. The molecule has 0 saturated carbocycles. The van der Waals surface area contributed by atoms with E-state index in [1.54, 1.807) is 0 Å². The lowest BCUT2D eigenvalue weighted by Crippen LogP contribution is -2.32. The minimum Gasteiger partial charge on any atom is -0.335 e. The summed E-state index contributed by atoms with van der Waals surface area (Å²) in [6.45, 7) is 8.31. The minimum atomic E-state index is -0.657. The third kappa shape index (κ3) is 3.47. The molecule has 0 atom stereocenters. The van der Waals surface area contributed by atoms with Gasteiger partial charge in [-0.25, -0.2) is 4.39 Å². The van der Waals surface area contributed by atoms with Crippen molar-refractivity contribution in [3.63, 3.8) is 0 Å². The number of halogens is 3. The number of rotatable bonds is 4. The Morgan fingerprint density at radius 1 is 1.39 bits per heavy atom. The van der Waals surface area contributed by atoms with Crippen LogP contribution in [0, 0.1) is 5.82 Å². The summed E-state index contributed by atoms with van der Waals surface area (Å²) in [6, 6.07) is 2.30. The molecule has 1 aromatic carbocycles. The zero-order valence-corrected chi connectivity index (χ0v) is 11.8. The minimum absolute atomic E-state index is 0.0977. The summed E-state index contributed by atoms with van der Waals surface area (Å²) in [5.41, 5.74) is 0.956. The highest BCUT2D eigenvalue weighted by molar-refractivity contribution is 6.36. The Bertz CT molecular complexity index is 488. The van der Waals surface area contributed by atoms with Crippen molar-refractivity contribution in [1.29, 1.82) is 0 Å². The molecule has 0 radical (unpaired) electrons. The molecule has 0 unspecified atom stereocenters. The molecule has 0 aliphatic rings. The van der Waals surface area contributed by atoms with Gasteiger partial charge in [-0.15, -0.1) is 0 Å². The Labute approximate surface area is 116 Å². The normalized spacial score (nSPS) is 10.3. The molecule has 1 amide bonds. The van der Waals surface area contributed by atoms with E-state index in [0.29, 0.717) is 13.1 Å². The average Bonchev–Trinajstić information content (AvgIpc) is 2.29. The number of benzene rings is 1. The topological polar surface area (TPSA) is 20.3 Å². The van der Waals surface area contributed by atoms with E-state index in [1.807, 2.05) is 13.8 Å². The van der Waals surface area contributed by atoms with Crippen LogP contribution in [0.1, 0.15) is 24.2 Å². The smallest absolute Gasteiger partial charge is 0.255 e. The number of amides is 1. The average molecular weight is 290 g/mol. The molecule has 0 N–H and O–H groups in total. The number of hydrogen-bond acceptors (Lipinski definition) is 1. The molecule has 1 aromatic rings. The third-order valence-electron chi connectivity index (χ3n) is 2.37.